The van der Waals surface area contributed by atoms with Gasteiger partial charge in [-0.25, -0.2) is 0 Å². The minimum Gasteiger partial charge on any atom is -0.330 e. The zero-order valence-electron chi connectivity index (χ0n) is 12.3. The van der Waals surface area contributed by atoms with E-state index in [0.717, 1.165) is 18.4 Å². The lowest BCUT2D eigenvalue weighted by molar-refractivity contribution is 0.134. The number of nitrogens with two attached hydrogens (primary N) is 1. The van der Waals surface area contributed by atoms with Crippen molar-refractivity contribution in [3.63, 3.8) is 0 Å². The zero-order chi connectivity index (χ0) is 12.7. The maximum atomic E-state index is 6.07. The quantitative estimate of drug-likeness (QED) is 0.682. The highest BCUT2D eigenvalue weighted by atomic mass is 14.6. The molecule has 1 nitrogen and oxygen atoms in total. The van der Waals surface area contributed by atoms with E-state index < -0.39 is 0 Å². The van der Waals surface area contributed by atoms with Crippen LogP contribution in [0.3, 0.4) is 0 Å². The highest BCUT2D eigenvalue weighted by Gasteiger charge is 2.33. The Morgan fingerprint density at radius 1 is 1.24 bits per heavy atom. The van der Waals surface area contributed by atoms with Crippen LogP contribution in [0.2, 0.25) is 0 Å². The Hall–Kier alpha value is -0.0400. The Morgan fingerprint density at radius 3 is 2.35 bits per heavy atom. The second-order valence-electron chi connectivity index (χ2n) is 6.72. The third-order valence-electron chi connectivity index (χ3n) is 4.78. The lowest BCUT2D eigenvalue weighted by Gasteiger charge is -2.40. The Labute approximate surface area is 109 Å². The Kier molecular flexibility index (Phi) is 6.54. The van der Waals surface area contributed by atoms with Crippen LogP contribution in [0.4, 0.5) is 0 Å². The fourth-order valence-electron chi connectivity index (χ4n) is 3.43. The molecule has 0 aromatic heterocycles. The molecule has 0 unspecified atom stereocenters. The van der Waals surface area contributed by atoms with Gasteiger partial charge in [0.05, 0.1) is 0 Å². The van der Waals surface area contributed by atoms with E-state index in [-0.39, 0.29) is 0 Å². The van der Waals surface area contributed by atoms with Gasteiger partial charge in [0.2, 0.25) is 0 Å². The maximum Gasteiger partial charge on any atom is -0.00205 e. The van der Waals surface area contributed by atoms with Crippen molar-refractivity contribution < 1.29 is 0 Å². The summed E-state index contributed by atoms with van der Waals surface area (Å²) in [4.78, 5) is 0. The molecule has 0 aromatic rings. The summed E-state index contributed by atoms with van der Waals surface area (Å²) in [5.74, 6) is 1.85. The van der Waals surface area contributed by atoms with Gasteiger partial charge >= 0.3 is 0 Å². The van der Waals surface area contributed by atoms with Gasteiger partial charge in [-0.05, 0) is 55.9 Å². The van der Waals surface area contributed by atoms with Crippen molar-refractivity contribution in [3.8, 4) is 0 Å². The van der Waals surface area contributed by atoms with Gasteiger partial charge in [-0.3, -0.25) is 0 Å². The molecule has 17 heavy (non-hydrogen) atoms. The molecule has 0 radical (unpaired) electrons. The van der Waals surface area contributed by atoms with Crippen LogP contribution < -0.4 is 5.73 Å². The third-order valence-corrected chi connectivity index (χ3v) is 4.78. The lowest BCUT2D eigenvalue weighted by Crippen LogP contribution is -2.35. The van der Waals surface area contributed by atoms with E-state index in [4.69, 9.17) is 5.73 Å². The summed E-state index contributed by atoms with van der Waals surface area (Å²) in [5, 5.41) is 0. The number of rotatable bonds is 7. The van der Waals surface area contributed by atoms with Crippen molar-refractivity contribution in [2.45, 2.75) is 78.6 Å². The molecular weight excluding hydrogens is 206 g/mol. The van der Waals surface area contributed by atoms with Crippen LogP contribution in [-0.4, -0.2) is 6.54 Å². The predicted molar refractivity (Wildman–Crippen MR) is 77.0 cm³/mol. The van der Waals surface area contributed by atoms with Gasteiger partial charge in [0, 0.05) is 0 Å². The zero-order valence-corrected chi connectivity index (χ0v) is 12.3. The van der Waals surface area contributed by atoms with Crippen molar-refractivity contribution >= 4 is 0 Å². The number of hydrogen-bond donors (Lipinski definition) is 1. The van der Waals surface area contributed by atoms with Gasteiger partial charge in [-0.1, -0.05) is 46.5 Å². The fourth-order valence-corrected chi connectivity index (χ4v) is 3.43. The van der Waals surface area contributed by atoms with Gasteiger partial charge < -0.3 is 5.73 Å². The van der Waals surface area contributed by atoms with Crippen LogP contribution in [0.25, 0.3) is 0 Å². The summed E-state index contributed by atoms with van der Waals surface area (Å²) in [6.45, 7) is 7.89. The molecule has 102 valence electrons. The van der Waals surface area contributed by atoms with E-state index in [9.17, 15) is 0 Å². The van der Waals surface area contributed by atoms with Gasteiger partial charge in [0.25, 0.3) is 0 Å². The molecule has 2 N–H and O–H groups in total. The van der Waals surface area contributed by atoms with Crippen molar-refractivity contribution in [1.29, 1.82) is 0 Å². The molecule has 1 heteroatoms. The van der Waals surface area contributed by atoms with Crippen LogP contribution in [-0.2, 0) is 0 Å². The molecule has 1 fully saturated rings. The molecule has 0 aromatic carbocycles. The first kappa shape index (κ1) is 15.0. The van der Waals surface area contributed by atoms with Gasteiger partial charge in [0.15, 0.2) is 0 Å². The van der Waals surface area contributed by atoms with Gasteiger partial charge in [0.1, 0.15) is 0 Å². The molecule has 0 amide bonds. The summed E-state index contributed by atoms with van der Waals surface area (Å²) in [5.41, 5.74) is 6.59. The maximum absolute atomic E-state index is 6.07. The van der Waals surface area contributed by atoms with E-state index in [1.165, 1.54) is 57.8 Å². The molecule has 0 aliphatic heterocycles. The van der Waals surface area contributed by atoms with Crippen LogP contribution in [0.15, 0.2) is 0 Å². The van der Waals surface area contributed by atoms with E-state index in [0.29, 0.717) is 5.41 Å². The second-order valence-corrected chi connectivity index (χ2v) is 6.72. The molecule has 0 bridgehead atoms. The molecule has 0 atom stereocenters. The first-order valence-electron chi connectivity index (χ1n) is 7.82. The molecule has 1 aliphatic rings. The van der Waals surface area contributed by atoms with E-state index >= 15 is 0 Å². The summed E-state index contributed by atoms with van der Waals surface area (Å²) in [6.07, 6.45) is 12.6. The van der Waals surface area contributed by atoms with E-state index in [2.05, 4.69) is 20.8 Å². The van der Waals surface area contributed by atoms with Crippen LogP contribution in [0, 0.1) is 17.3 Å². The standard InChI is InChI=1S/C16H33N/c1-4-6-15-8-11-16(13-17,12-9-15)10-5-7-14(2)3/h14-15H,4-13,17H2,1-3H3. The highest BCUT2D eigenvalue weighted by molar-refractivity contribution is 4.86. The molecule has 0 saturated heterocycles. The fraction of sp³-hybridized carbons (Fsp3) is 1.00. The van der Waals surface area contributed by atoms with Gasteiger partial charge in [-0.2, -0.15) is 0 Å². The lowest BCUT2D eigenvalue weighted by atomic mass is 9.67. The monoisotopic (exact) mass is 239 g/mol. The highest BCUT2D eigenvalue weighted by Crippen LogP contribution is 2.43. The molecular formula is C16H33N. The van der Waals surface area contributed by atoms with E-state index in [1.807, 2.05) is 0 Å². The normalized spacial score (nSPS) is 29.8. The Bertz CT molecular complexity index is 190. The van der Waals surface area contributed by atoms with Crippen LogP contribution in [0.1, 0.15) is 78.6 Å². The van der Waals surface area contributed by atoms with Crippen molar-refractivity contribution in [2.75, 3.05) is 6.54 Å². The molecule has 0 heterocycles. The average molecular weight is 239 g/mol. The largest absolute Gasteiger partial charge is 0.330 e. The average Bonchev–Trinajstić information content (AvgIpc) is 2.31. The molecule has 1 rings (SSSR count). The van der Waals surface area contributed by atoms with Crippen molar-refractivity contribution in [1.82, 2.24) is 0 Å². The topological polar surface area (TPSA) is 26.0 Å². The van der Waals surface area contributed by atoms with E-state index in [1.54, 1.807) is 0 Å². The summed E-state index contributed by atoms with van der Waals surface area (Å²) < 4.78 is 0. The first-order chi connectivity index (χ1) is 8.12. The predicted octanol–water partition coefficient (Wildman–Crippen LogP) is 4.75. The SMILES string of the molecule is CCCC1CCC(CN)(CCCC(C)C)CC1. The first-order valence-corrected chi connectivity index (χ1v) is 7.82. The Morgan fingerprint density at radius 2 is 1.88 bits per heavy atom. The Balaban J connectivity index is 2.33. The third kappa shape index (κ3) is 4.99. The second kappa shape index (κ2) is 7.41. The number of hydrogen-bond acceptors (Lipinski definition) is 1. The summed E-state index contributed by atoms with van der Waals surface area (Å²) in [7, 11) is 0. The van der Waals surface area contributed by atoms with Crippen LogP contribution >= 0.6 is 0 Å². The van der Waals surface area contributed by atoms with Gasteiger partial charge in [-0.15, -0.1) is 0 Å². The smallest absolute Gasteiger partial charge is 0.00205 e. The molecule has 1 aliphatic carbocycles. The molecule has 1 saturated carbocycles. The van der Waals surface area contributed by atoms with Crippen molar-refractivity contribution in [2.24, 2.45) is 23.0 Å². The minimum absolute atomic E-state index is 0.513. The summed E-state index contributed by atoms with van der Waals surface area (Å²) in [6, 6.07) is 0. The summed E-state index contributed by atoms with van der Waals surface area (Å²) >= 11 is 0. The molecule has 0 spiro atoms. The van der Waals surface area contributed by atoms with Crippen molar-refractivity contribution in [3.05, 3.63) is 0 Å². The van der Waals surface area contributed by atoms with Crippen LogP contribution in [0.5, 0.6) is 0 Å². The minimum atomic E-state index is 0.513.